The van der Waals surface area contributed by atoms with Crippen LogP contribution in [0.5, 0.6) is 5.88 Å². The summed E-state index contributed by atoms with van der Waals surface area (Å²) in [5.74, 6) is -0.0716. The van der Waals surface area contributed by atoms with Gasteiger partial charge in [0, 0.05) is 12.7 Å². The molecule has 0 aromatic carbocycles. The summed E-state index contributed by atoms with van der Waals surface area (Å²) in [5.41, 5.74) is 1.54. The molecular weight excluding hydrogens is 344 g/mol. The summed E-state index contributed by atoms with van der Waals surface area (Å²) < 4.78 is 7.63. The highest BCUT2D eigenvalue weighted by molar-refractivity contribution is 6.50. The van der Waals surface area contributed by atoms with Gasteiger partial charge in [-0.1, -0.05) is 12.5 Å². The lowest BCUT2D eigenvalue weighted by Gasteiger charge is -2.25. The fraction of sp³-hybridized carbons (Fsp3) is 0.400. The quantitative estimate of drug-likeness (QED) is 0.760. The zero-order valence-electron chi connectivity index (χ0n) is 15.1. The Labute approximate surface area is 157 Å². The third kappa shape index (κ3) is 3.98. The lowest BCUT2D eigenvalue weighted by Crippen LogP contribution is -2.33. The highest BCUT2D eigenvalue weighted by Crippen LogP contribution is 2.32. The standard InChI is InChI=1S/C20H22N4O3/c25-15-7-8-16(18(26)14-15)21-19-17-6-2-5-11-24(17)22-20(19)27-13-12-23-9-3-1-4-10-23/h2,5-8,11H,1,3-4,9-10,12-14H2. The molecule has 0 radical (unpaired) electrons. The molecule has 0 N–H and O–H groups in total. The molecule has 2 aliphatic rings. The molecule has 1 fully saturated rings. The van der Waals surface area contributed by atoms with Gasteiger partial charge < -0.3 is 4.74 Å². The van der Waals surface area contributed by atoms with E-state index < -0.39 is 0 Å². The minimum Gasteiger partial charge on any atom is -0.474 e. The molecule has 1 aliphatic heterocycles. The lowest BCUT2D eigenvalue weighted by atomic mass is 10.0. The average molecular weight is 366 g/mol. The Bertz CT molecular complexity index is 922. The van der Waals surface area contributed by atoms with E-state index in [2.05, 4.69) is 15.0 Å². The molecule has 4 rings (SSSR count). The van der Waals surface area contributed by atoms with E-state index in [1.165, 1.54) is 31.4 Å². The van der Waals surface area contributed by atoms with Gasteiger partial charge >= 0.3 is 0 Å². The number of allylic oxidation sites excluding steroid dienone is 2. The van der Waals surface area contributed by atoms with Crippen LogP contribution in [-0.4, -0.2) is 58.0 Å². The summed E-state index contributed by atoms with van der Waals surface area (Å²) in [6, 6.07) is 5.64. The largest absolute Gasteiger partial charge is 0.474 e. The Balaban J connectivity index is 1.58. The number of piperidine rings is 1. The van der Waals surface area contributed by atoms with Crippen molar-refractivity contribution < 1.29 is 14.3 Å². The lowest BCUT2D eigenvalue weighted by molar-refractivity contribution is -0.121. The van der Waals surface area contributed by atoms with Crippen molar-refractivity contribution in [3.05, 3.63) is 36.5 Å². The first-order valence-electron chi connectivity index (χ1n) is 9.36. The molecule has 2 aromatic heterocycles. The van der Waals surface area contributed by atoms with E-state index in [9.17, 15) is 9.59 Å². The molecule has 1 aliphatic carbocycles. The fourth-order valence-corrected chi connectivity index (χ4v) is 3.41. The zero-order valence-corrected chi connectivity index (χ0v) is 15.1. The summed E-state index contributed by atoms with van der Waals surface area (Å²) in [5, 5.41) is 4.47. The minimum atomic E-state index is -0.281. The maximum absolute atomic E-state index is 12.1. The molecule has 0 spiro atoms. The molecular formula is C20H22N4O3. The predicted octanol–water partition coefficient (Wildman–Crippen LogP) is 2.37. The molecule has 0 bridgehead atoms. The Morgan fingerprint density at radius 3 is 2.78 bits per heavy atom. The first kappa shape index (κ1) is 17.6. The molecule has 2 aromatic rings. The molecule has 0 saturated carbocycles. The molecule has 27 heavy (non-hydrogen) atoms. The number of hydrogen-bond acceptors (Lipinski definition) is 6. The number of aromatic nitrogens is 2. The number of rotatable bonds is 5. The van der Waals surface area contributed by atoms with Gasteiger partial charge in [-0.2, -0.15) is 0 Å². The molecule has 0 amide bonds. The summed E-state index contributed by atoms with van der Waals surface area (Å²) in [7, 11) is 0. The molecule has 0 unspecified atom stereocenters. The molecule has 7 heteroatoms. The summed E-state index contributed by atoms with van der Waals surface area (Å²) >= 11 is 0. The number of fused-ring (bicyclic) bond motifs is 1. The number of ketones is 2. The van der Waals surface area contributed by atoms with Gasteiger partial charge in [0.2, 0.25) is 0 Å². The number of pyridine rings is 1. The van der Waals surface area contributed by atoms with Crippen LogP contribution in [-0.2, 0) is 9.59 Å². The Kier molecular flexibility index (Phi) is 5.11. The van der Waals surface area contributed by atoms with E-state index in [0.29, 0.717) is 18.2 Å². The van der Waals surface area contributed by atoms with E-state index in [0.717, 1.165) is 25.2 Å². The van der Waals surface area contributed by atoms with E-state index in [-0.39, 0.29) is 23.7 Å². The molecule has 140 valence electrons. The van der Waals surface area contributed by atoms with Crippen molar-refractivity contribution in [2.45, 2.75) is 25.7 Å². The van der Waals surface area contributed by atoms with E-state index in [1.807, 2.05) is 24.4 Å². The Hall–Kier alpha value is -2.80. The maximum atomic E-state index is 12.1. The number of carbonyl (C=O) groups is 2. The van der Waals surface area contributed by atoms with Crippen molar-refractivity contribution in [2.24, 2.45) is 4.99 Å². The average Bonchev–Trinajstić information content (AvgIpc) is 3.02. The van der Waals surface area contributed by atoms with Gasteiger partial charge in [-0.3, -0.25) is 14.5 Å². The highest BCUT2D eigenvalue weighted by atomic mass is 16.5. The molecule has 0 atom stereocenters. The number of ether oxygens (including phenoxy) is 1. The molecule has 7 nitrogen and oxygen atoms in total. The topological polar surface area (TPSA) is 76.3 Å². The van der Waals surface area contributed by atoms with Crippen LogP contribution in [0.3, 0.4) is 0 Å². The normalized spacial score (nSPS) is 19.9. The summed E-state index contributed by atoms with van der Waals surface area (Å²) in [6.45, 7) is 3.58. The highest BCUT2D eigenvalue weighted by Gasteiger charge is 2.21. The SMILES string of the molecule is O=C1C=CC(=Nc2c(OCCN3CCCCC3)nn3ccccc23)C(=O)C1. The van der Waals surface area contributed by atoms with Crippen LogP contribution in [0, 0.1) is 0 Å². The van der Waals surface area contributed by atoms with Crippen LogP contribution >= 0.6 is 0 Å². The van der Waals surface area contributed by atoms with Crippen LogP contribution in [0.15, 0.2) is 41.5 Å². The van der Waals surface area contributed by atoms with Gasteiger partial charge in [0.05, 0.1) is 11.9 Å². The molecule has 1 saturated heterocycles. The number of likely N-dealkylation sites (tertiary alicyclic amines) is 1. The smallest absolute Gasteiger partial charge is 0.260 e. The van der Waals surface area contributed by atoms with Gasteiger partial charge in [0.15, 0.2) is 17.3 Å². The minimum absolute atomic E-state index is 0.139. The van der Waals surface area contributed by atoms with Crippen LogP contribution in [0.4, 0.5) is 5.69 Å². The maximum Gasteiger partial charge on any atom is 0.260 e. The fourth-order valence-electron chi connectivity index (χ4n) is 3.41. The number of aliphatic imine (C=N–C) groups is 1. The van der Waals surface area contributed by atoms with Crippen LogP contribution < -0.4 is 4.74 Å². The van der Waals surface area contributed by atoms with Crippen molar-refractivity contribution >= 4 is 28.5 Å². The first-order chi connectivity index (χ1) is 13.2. The van der Waals surface area contributed by atoms with Gasteiger partial charge in [0.1, 0.15) is 12.3 Å². The van der Waals surface area contributed by atoms with Gasteiger partial charge in [-0.25, -0.2) is 9.51 Å². The third-order valence-corrected chi connectivity index (χ3v) is 4.86. The van der Waals surface area contributed by atoms with Crippen molar-refractivity contribution in [3.8, 4) is 5.88 Å². The van der Waals surface area contributed by atoms with E-state index in [4.69, 9.17) is 4.74 Å². The summed E-state index contributed by atoms with van der Waals surface area (Å²) in [4.78, 5) is 30.4. The number of nitrogens with zero attached hydrogens (tertiary/aromatic N) is 4. The number of Topliss-reactive ketones (excluding diaryl/α,β-unsaturated/α-hetero) is 1. The third-order valence-electron chi connectivity index (χ3n) is 4.86. The van der Waals surface area contributed by atoms with E-state index >= 15 is 0 Å². The predicted molar refractivity (Wildman–Crippen MR) is 102 cm³/mol. The van der Waals surface area contributed by atoms with Crippen molar-refractivity contribution in [2.75, 3.05) is 26.2 Å². The van der Waals surface area contributed by atoms with Gasteiger partial charge in [0.25, 0.3) is 5.88 Å². The number of carbonyl (C=O) groups excluding carboxylic acids is 2. The zero-order chi connectivity index (χ0) is 18.6. The van der Waals surface area contributed by atoms with Gasteiger partial charge in [-0.15, -0.1) is 5.10 Å². The second kappa shape index (κ2) is 7.84. The Morgan fingerprint density at radius 1 is 1.11 bits per heavy atom. The van der Waals surface area contributed by atoms with Gasteiger partial charge in [-0.05, 0) is 50.2 Å². The summed E-state index contributed by atoms with van der Waals surface area (Å²) in [6.07, 6.45) is 8.32. The van der Waals surface area contributed by atoms with Crippen LogP contribution in [0.1, 0.15) is 25.7 Å². The second-order valence-electron chi connectivity index (χ2n) is 6.83. The van der Waals surface area contributed by atoms with Crippen molar-refractivity contribution in [1.82, 2.24) is 14.5 Å². The van der Waals surface area contributed by atoms with E-state index in [1.54, 1.807) is 4.52 Å². The van der Waals surface area contributed by atoms with Crippen molar-refractivity contribution in [1.29, 1.82) is 0 Å². The van der Waals surface area contributed by atoms with Crippen molar-refractivity contribution in [3.63, 3.8) is 0 Å². The monoisotopic (exact) mass is 366 g/mol. The first-order valence-corrected chi connectivity index (χ1v) is 9.36. The number of hydrogen-bond donors (Lipinski definition) is 0. The van der Waals surface area contributed by atoms with Crippen LogP contribution in [0.2, 0.25) is 0 Å². The molecule has 3 heterocycles. The second-order valence-corrected chi connectivity index (χ2v) is 6.83. The Morgan fingerprint density at radius 2 is 1.96 bits per heavy atom. The van der Waals surface area contributed by atoms with Crippen LogP contribution in [0.25, 0.3) is 5.52 Å².